The van der Waals surface area contributed by atoms with Crippen LogP contribution < -0.4 is 5.32 Å². The molecule has 0 aromatic heterocycles. The predicted octanol–water partition coefficient (Wildman–Crippen LogP) is 1.70. The first-order valence-electron chi connectivity index (χ1n) is 6.86. The molecule has 0 saturated carbocycles. The average molecular weight is 304 g/mol. The minimum absolute atomic E-state index is 0.120. The molecule has 0 spiro atoms. The Morgan fingerprint density at radius 1 is 1.48 bits per heavy atom. The van der Waals surface area contributed by atoms with Crippen molar-refractivity contribution in [3.8, 4) is 0 Å². The van der Waals surface area contributed by atoms with Crippen LogP contribution in [-0.2, 0) is 14.2 Å². The van der Waals surface area contributed by atoms with Crippen molar-refractivity contribution >= 4 is 6.09 Å². The number of rotatable bonds is 3. The third-order valence-electron chi connectivity index (χ3n) is 2.94. The highest BCUT2D eigenvalue weighted by atomic mass is 16.7. The van der Waals surface area contributed by atoms with Gasteiger partial charge in [-0.15, -0.1) is 0 Å². The zero-order valence-electron chi connectivity index (χ0n) is 13.3. The number of amides is 1. The van der Waals surface area contributed by atoms with E-state index in [0.29, 0.717) is 0 Å². The van der Waals surface area contributed by atoms with Crippen LogP contribution in [0.1, 0.15) is 41.5 Å². The van der Waals surface area contributed by atoms with Gasteiger partial charge in [0.15, 0.2) is 11.9 Å². The third-order valence-corrected chi connectivity index (χ3v) is 2.94. The fourth-order valence-electron chi connectivity index (χ4n) is 1.97. The van der Waals surface area contributed by atoms with Crippen LogP contribution in [0, 0.1) is 10.1 Å². The molecule has 1 aliphatic rings. The third kappa shape index (κ3) is 5.47. The Kier molecular flexibility index (Phi) is 5.16. The Labute approximate surface area is 124 Å². The number of alkyl carbamates (subject to hydrolysis) is 1. The molecule has 1 unspecified atom stereocenters. The van der Waals surface area contributed by atoms with E-state index in [9.17, 15) is 14.9 Å². The van der Waals surface area contributed by atoms with Crippen molar-refractivity contribution in [2.24, 2.45) is 0 Å². The van der Waals surface area contributed by atoms with Gasteiger partial charge in [0.2, 0.25) is 6.04 Å². The quantitative estimate of drug-likeness (QED) is 0.629. The van der Waals surface area contributed by atoms with Crippen LogP contribution in [0.2, 0.25) is 0 Å². The molecule has 0 aromatic carbocycles. The lowest BCUT2D eigenvalue weighted by Crippen LogP contribution is -2.60. The van der Waals surface area contributed by atoms with E-state index < -0.39 is 40.6 Å². The van der Waals surface area contributed by atoms with Gasteiger partial charge in [-0.05, 0) is 34.6 Å². The Morgan fingerprint density at radius 2 is 2.05 bits per heavy atom. The van der Waals surface area contributed by atoms with Gasteiger partial charge >= 0.3 is 6.09 Å². The lowest BCUT2D eigenvalue weighted by Gasteiger charge is -2.41. The molecule has 21 heavy (non-hydrogen) atoms. The number of ether oxygens (including phenoxy) is 3. The van der Waals surface area contributed by atoms with Crippen LogP contribution >= 0.6 is 0 Å². The van der Waals surface area contributed by atoms with Crippen LogP contribution in [0.3, 0.4) is 0 Å². The molecule has 1 aliphatic heterocycles. The number of hydrogen-bond donors (Lipinski definition) is 1. The minimum atomic E-state index is -0.979. The Morgan fingerprint density at radius 3 is 2.52 bits per heavy atom. The maximum absolute atomic E-state index is 11.8. The Hall–Kier alpha value is -1.41. The van der Waals surface area contributed by atoms with E-state index in [4.69, 9.17) is 14.2 Å². The number of nitrogens with one attached hydrogen (secondary N) is 1. The molecule has 8 nitrogen and oxygen atoms in total. The molecule has 1 N–H and O–H groups in total. The summed E-state index contributed by atoms with van der Waals surface area (Å²) >= 11 is 0. The molecule has 1 saturated heterocycles. The molecule has 0 aromatic rings. The second kappa shape index (κ2) is 6.15. The normalized spacial score (nSPS) is 26.8. The van der Waals surface area contributed by atoms with Gasteiger partial charge in [-0.25, -0.2) is 4.79 Å². The first kappa shape index (κ1) is 17.6. The lowest BCUT2D eigenvalue weighted by atomic mass is 10.0. The summed E-state index contributed by atoms with van der Waals surface area (Å²) in [6.07, 6.45) is -1.45. The first-order chi connectivity index (χ1) is 9.41. The largest absolute Gasteiger partial charge is 0.444 e. The summed E-state index contributed by atoms with van der Waals surface area (Å²) < 4.78 is 16.2. The van der Waals surface area contributed by atoms with Crippen molar-refractivity contribution in [3.05, 3.63) is 10.1 Å². The second-order valence-electron chi connectivity index (χ2n) is 6.57. The Balaban J connectivity index is 2.78. The highest BCUT2D eigenvalue weighted by molar-refractivity contribution is 5.68. The summed E-state index contributed by atoms with van der Waals surface area (Å²) in [5.41, 5.74) is -0.649. The fraction of sp³-hybridized carbons (Fsp3) is 0.923. The molecule has 1 rings (SSSR count). The molecular weight excluding hydrogens is 280 g/mol. The summed E-state index contributed by atoms with van der Waals surface area (Å²) in [5, 5.41) is 13.6. The Bertz CT molecular complexity index is 404. The van der Waals surface area contributed by atoms with Crippen LogP contribution in [0.4, 0.5) is 4.79 Å². The van der Waals surface area contributed by atoms with E-state index >= 15 is 0 Å². The molecule has 1 heterocycles. The van der Waals surface area contributed by atoms with Gasteiger partial charge in [0.25, 0.3) is 0 Å². The summed E-state index contributed by atoms with van der Waals surface area (Å²) in [7, 11) is 0. The summed E-state index contributed by atoms with van der Waals surface area (Å²) in [6, 6.07) is -1.62. The zero-order chi connectivity index (χ0) is 16.4. The maximum atomic E-state index is 11.8. The van der Waals surface area contributed by atoms with E-state index in [1.165, 1.54) is 6.92 Å². The van der Waals surface area contributed by atoms with Gasteiger partial charge < -0.3 is 19.5 Å². The van der Waals surface area contributed by atoms with Crippen molar-refractivity contribution in [2.45, 2.75) is 71.1 Å². The van der Waals surface area contributed by atoms with Crippen molar-refractivity contribution < 1.29 is 23.9 Å². The van der Waals surface area contributed by atoms with E-state index in [-0.39, 0.29) is 6.61 Å². The van der Waals surface area contributed by atoms with E-state index in [0.717, 1.165) is 0 Å². The minimum Gasteiger partial charge on any atom is -0.444 e. The first-order valence-corrected chi connectivity index (χ1v) is 6.86. The fourth-order valence-corrected chi connectivity index (χ4v) is 1.97. The number of carbonyl (C=O) groups excluding carboxylic acids is 1. The van der Waals surface area contributed by atoms with Crippen LogP contribution in [-0.4, -0.2) is 47.2 Å². The number of hydrogen-bond acceptors (Lipinski definition) is 6. The average Bonchev–Trinajstić information content (AvgIpc) is 2.27. The van der Waals surface area contributed by atoms with Crippen molar-refractivity contribution in [1.29, 1.82) is 0 Å². The highest BCUT2D eigenvalue weighted by Crippen LogP contribution is 2.25. The molecule has 0 radical (unpaired) electrons. The zero-order valence-corrected chi connectivity index (χ0v) is 13.3. The topological polar surface area (TPSA) is 99.9 Å². The van der Waals surface area contributed by atoms with Gasteiger partial charge in [-0.2, -0.15) is 0 Å². The van der Waals surface area contributed by atoms with Crippen molar-refractivity contribution in [2.75, 3.05) is 6.61 Å². The molecule has 8 heteroatoms. The number of nitrogens with zero attached hydrogens (tertiary/aromatic N) is 1. The lowest BCUT2D eigenvalue weighted by molar-refractivity contribution is -0.539. The van der Waals surface area contributed by atoms with Crippen molar-refractivity contribution in [3.63, 3.8) is 0 Å². The monoisotopic (exact) mass is 304 g/mol. The molecule has 1 fully saturated rings. The van der Waals surface area contributed by atoms with Crippen LogP contribution in [0.5, 0.6) is 0 Å². The molecule has 0 bridgehead atoms. The summed E-state index contributed by atoms with van der Waals surface area (Å²) in [6.45, 7) is 10.1. The van der Waals surface area contributed by atoms with Crippen molar-refractivity contribution in [1.82, 2.24) is 5.32 Å². The van der Waals surface area contributed by atoms with Gasteiger partial charge in [0.05, 0.1) is 12.6 Å². The number of carbonyl (C=O) groups is 1. The predicted molar refractivity (Wildman–Crippen MR) is 74.5 cm³/mol. The second-order valence-corrected chi connectivity index (χ2v) is 6.57. The molecule has 3 atom stereocenters. The van der Waals surface area contributed by atoms with Gasteiger partial charge in [-0.1, -0.05) is 0 Å². The maximum Gasteiger partial charge on any atom is 0.408 e. The highest BCUT2D eigenvalue weighted by Gasteiger charge is 2.45. The molecule has 122 valence electrons. The summed E-state index contributed by atoms with van der Waals surface area (Å²) in [4.78, 5) is 22.4. The van der Waals surface area contributed by atoms with Crippen LogP contribution in [0.25, 0.3) is 0 Å². The summed E-state index contributed by atoms with van der Waals surface area (Å²) in [5.74, 6) is -0.930. The SMILES string of the molecule is CC([C@@H]1OC(C)(C)OC[C@H]1NC(=O)OC(C)(C)C)[N+](=O)[O-]. The smallest absolute Gasteiger partial charge is 0.408 e. The van der Waals surface area contributed by atoms with Gasteiger partial charge in [-0.3, -0.25) is 10.1 Å². The standard InChI is InChI=1S/C13H24N2O6/c1-8(15(17)18)10-9(7-19-13(5,6)20-10)14-11(16)21-12(2,3)4/h8-10H,7H2,1-6H3,(H,14,16)/t8?,9-,10+/m1/s1. The van der Waals surface area contributed by atoms with Gasteiger partial charge in [0.1, 0.15) is 5.60 Å². The van der Waals surface area contributed by atoms with Gasteiger partial charge in [0, 0.05) is 11.8 Å². The van der Waals surface area contributed by atoms with E-state index in [1.54, 1.807) is 34.6 Å². The number of nitro groups is 1. The van der Waals surface area contributed by atoms with E-state index in [1.807, 2.05) is 0 Å². The molecule has 1 amide bonds. The molecule has 0 aliphatic carbocycles. The molecular formula is C13H24N2O6. The van der Waals surface area contributed by atoms with Crippen LogP contribution in [0.15, 0.2) is 0 Å². The van der Waals surface area contributed by atoms with E-state index in [2.05, 4.69) is 5.32 Å².